The van der Waals surface area contributed by atoms with E-state index in [0.717, 1.165) is 64.3 Å². The normalized spacial score (nSPS) is 36.7. The van der Waals surface area contributed by atoms with Crippen LogP contribution in [0.5, 0.6) is 0 Å². The fourth-order valence-electron chi connectivity index (χ4n) is 4.50. The van der Waals surface area contributed by atoms with Gasteiger partial charge in [0.05, 0.1) is 5.41 Å². The molecule has 0 aromatic carbocycles. The van der Waals surface area contributed by atoms with E-state index in [2.05, 4.69) is 40.8 Å². The lowest BCUT2D eigenvalue weighted by molar-refractivity contribution is -0.142. The Labute approximate surface area is 141 Å². The van der Waals surface area contributed by atoms with E-state index >= 15 is 0 Å². The summed E-state index contributed by atoms with van der Waals surface area (Å²) in [6.07, 6.45) is 3.67. The second-order valence-corrected chi connectivity index (χ2v) is 8.13. The lowest BCUT2D eigenvalue weighted by Crippen LogP contribution is -2.54. The average Bonchev–Trinajstić information content (AvgIpc) is 3.13. The molecule has 0 aromatic heterocycles. The third-order valence-corrected chi connectivity index (χ3v) is 6.35. The maximum atomic E-state index is 12.7. The highest BCUT2D eigenvalue weighted by atomic mass is 16.2. The van der Waals surface area contributed by atoms with Crippen molar-refractivity contribution in [3.8, 4) is 0 Å². The SMILES string of the molecule is C[C@@H]1CC[C@H](C)N1CCN1CCN(C(=O)[C@@]2(C)CCNC2)CC1. The highest BCUT2D eigenvalue weighted by molar-refractivity contribution is 5.83. The van der Waals surface area contributed by atoms with E-state index in [-0.39, 0.29) is 5.41 Å². The van der Waals surface area contributed by atoms with Crippen LogP contribution in [0.1, 0.15) is 40.0 Å². The predicted molar refractivity (Wildman–Crippen MR) is 93.5 cm³/mol. The molecule has 132 valence electrons. The van der Waals surface area contributed by atoms with E-state index in [4.69, 9.17) is 0 Å². The molecule has 0 saturated carbocycles. The van der Waals surface area contributed by atoms with Crippen molar-refractivity contribution in [2.75, 3.05) is 52.4 Å². The van der Waals surface area contributed by atoms with Crippen LogP contribution in [-0.4, -0.2) is 85.0 Å². The monoisotopic (exact) mass is 322 g/mol. The van der Waals surface area contributed by atoms with Gasteiger partial charge >= 0.3 is 0 Å². The first kappa shape index (κ1) is 17.2. The summed E-state index contributed by atoms with van der Waals surface area (Å²) in [6, 6.07) is 1.48. The predicted octanol–water partition coefficient (Wildman–Crippen LogP) is 1.00. The van der Waals surface area contributed by atoms with Gasteiger partial charge in [-0.1, -0.05) is 0 Å². The molecule has 5 nitrogen and oxygen atoms in total. The zero-order valence-electron chi connectivity index (χ0n) is 15.2. The lowest BCUT2D eigenvalue weighted by Gasteiger charge is -2.39. The summed E-state index contributed by atoms with van der Waals surface area (Å²) in [5.74, 6) is 0.365. The minimum absolute atomic E-state index is 0.164. The molecule has 3 saturated heterocycles. The number of amides is 1. The van der Waals surface area contributed by atoms with Crippen LogP contribution in [0, 0.1) is 5.41 Å². The summed E-state index contributed by atoms with van der Waals surface area (Å²) >= 11 is 0. The van der Waals surface area contributed by atoms with Gasteiger partial charge < -0.3 is 10.2 Å². The minimum atomic E-state index is -0.164. The van der Waals surface area contributed by atoms with Gasteiger partial charge in [0, 0.05) is 57.9 Å². The summed E-state index contributed by atoms with van der Waals surface area (Å²) in [4.78, 5) is 20.0. The molecule has 1 amide bonds. The van der Waals surface area contributed by atoms with Crippen LogP contribution in [0.3, 0.4) is 0 Å². The van der Waals surface area contributed by atoms with Crippen LogP contribution in [0.4, 0.5) is 0 Å². The number of carbonyl (C=O) groups excluding carboxylic acids is 1. The van der Waals surface area contributed by atoms with Crippen molar-refractivity contribution in [1.82, 2.24) is 20.0 Å². The maximum absolute atomic E-state index is 12.7. The van der Waals surface area contributed by atoms with Crippen molar-refractivity contribution in [2.24, 2.45) is 5.41 Å². The first-order valence-corrected chi connectivity index (χ1v) is 9.48. The fourth-order valence-corrected chi connectivity index (χ4v) is 4.50. The summed E-state index contributed by atoms with van der Waals surface area (Å²) < 4.78 is 0. The molecule has 0 radical (unpaired) electrons. The molecular weight excluding hydrogens is 288 g/mol. The smallest absolute Gasteiger partial charge is 0.229 e. The quantitative estimate of drug-likeness (QED) is 0.838. The van der Waals surface area contributed by atoms with Gasteiger partial charge in [-0.2, -0.15) is 0 Å². The first-order chi connectivity index (χ1) is 11.0. The van der Waals surface area contributed by atoms with Gasteiger partial charge in [0.25, 0.3) is 0 Å². The molecule has 3 atom stereocenters. The Kier molecular flexibility index (Phi) is 5.29. The Hall–Kier alpha value is -0.650. The van der Waals surface area contributed by atoms with Crippen LogP contribution >= 0.6 is 0 Å². The number of likely N-dealkylation sites (tertiary alicyclic amines) is 1. The molecule has 1 N–H and O–H groups in total. The van der Waals surface area contributed by atoms with E-state index in [0.29, 0.717) is 5.91 Å². The number of rotatable bonds is 4. The van der Waals surface area contributed by atoms with E-state index in [1.54, 1.807) is 0 Å². The molecular formula is C18H34N4O. The average molecular weight is 322 g/mol. The molecule has 0 aromatic rings. The summed E-state index contributed by atoms with van der Waals surface area (Å²) in [7, 11) is 0. The molecule has 3 heterocycles. The third kappa shape index (κ3) is 3.72. The summed E-state index contributed by atoms with van der Waals surface area (Å²) in [5, 5.41) is 3.34. The fraction of sp³-hybridized carbons (Fsp3) is 0.944. The number of piperazine rings is 1. The molecule has 0 bridgehead atoms. The van der Waals surface area contributed by atoms with Crippen LogP contribution < -0.4 is 5.32 Å². The van der Waals surface area contributed by atoms with Crippen molar-refractivity contribution >= 4 is 5.91 Å². The zero-order valence-corrected chi connectivity index (χ0v) is 15.2. The Morgan fingerprint density at radius 2 is 1.74 bits per heavy atom. The second kappa shape index (κ2) is 7.08. The molecule has 0 unspecified atom stereocenters. The summed E-state index contributed by atoms with van der Waals surface area (Å²) in [6.45, 7) is 14.9. The number of nitrogens with zero attached hydrogens (tertiary/aromatic N) is 3. The van der Waals surface area contributed by atoms with Gasteiger partial charge in [-0.05, 0) is 46.6 Å². The van der Waals surface area contributed by atoms with Gasteiger partial charge in [-0.25, -0.2) is 0 Å². The van der Waals surface area contributed by atoms with Crippen molar-refractivity contribution in [1.29, 1.82) is 0 Å². The zero-order chi connectivity index (χ0) is 16.4. The molecule has 0 aliphatic carbocycles. The van der Waals surface area contributed by atoms with Crippen LogP contribution in [-0.2, 0) is 4.79 Å². The standard InChI is InChI=1S/C18H34N4O/c1-15-4-5-16(2)22(15)13-10-20-8-11-21(12-9-20)17(23)18(3)6-7-19-14-18/h15-16,19H,4-14H2,1-3H3/t15-,16+,18-/m0/s1. The molecule has 5 heteroatoms. The van der Waals surface area contributed by atoms with Gasteiger partial charge in [0.1, 0.15) is 0 Å². The van der Waals surface area contributed by atoms with E-state index in [9.17, 15) is 4.79 Å². The van der Waals surface area contributed by atoms with Crippen molar-refractivity contribution < 1.29 is 4.79 Å². The number of carbonyl (C=O) groups is 1. The molecule has 3 fully saturated rings. The second-order valence-electron chi connectivity index (χ2n) is 8.13. The van der Waals surface area contributed by atoms with Gasteiger partial charge in [0.15, 0.2) is 0 Å². The van der Waals surface area contributed by atoms with Gasteiger partial charge in [-0.15, -0.1) is 0 Å². The third-order valence-electron chi connectivity index (χ3n) is 6.35. The first-order valence-electron chi connectivity index (χ1n) is 9.48. The van der Waals surface area contributed by atoms with Gasteiger partial charge in [-0.3, -0.25) is 14.6 Å². The number of nitrogens with one attached hydrogen (secondary N) is 1. The van der Waals surface area contributed by atoms with Crippen LogP contribution in [0.2, 0.25) is 0 Å². The maximum Gasteiger partial charge on any atom is 0.229 e. The Balaban J connectivity index is 1.42. The highest BCUT2D eigenvalue weighted by Gasteiger charge is 2.40. The molecule has 3 aliphatic heterocycles. The number of hydrogen-bond donors (Lipinski definition) is 1. The Morgan fingerprint density at radius 1 is 1.09 bits per heavy atom. The summed E-state index contributed by atoms with van der Waals surface area (Å²) in [5.41, 5.74) is -0.164. The van der Waals surface area contributed by atoms with Crippen LogP contribution in [0.25, 0.3) is 0 Å². The van der Waals surface area contributed by atoms with Crippen molar-refractivity contribution in [3.05, 3.63) is 0 Å². The Bertz CT molecular complexity index is 403. The van der Waals surface area contributed by atoms with E-state index in [1.165, 1.54) is 19.4 Å². The highest BCUT2D eigenvalue weighted by Crippen LogP contribution is 2.28. The van der Waals surface area contributed by atoms with Crippen molar-refractivity contribution in [2.45, 2.75) is 52.1 Å². The molecule has 3 rings (SSSR count). The van der Waals surface area contributed by atoms with Crippen LogP contribution in [0.15, 0.2) is 0 Å². The minimum Gasteiger partial charge on any atom is -0.340 e. The molecule has 0 spiro atoms. The molecule has 3 aliphatic rings. The largest absolute Gasteiger partial charge is 0.340 e. The Morgan fingerprint density at radius 3 is 2.30 bits per heavy atom. The molecule has 23 heavy (non-hydrogen) atoms. The lowest BCUT2D eigenvalue weighted by atomic mass is 9.88. The topological polar surface area (TPSA) is 38.8 Å². The van der Waals surface area contributed by atoms with E-state index in [1.807, 2.05) is 0 Å². The van der Waals surface area contributed by atoms with Crippen molar-refractivity contribution in [3.63, 3.8) is 0 Å². The van der Waals surface area contributed by atoms with Gasteiger partial charge in [0.2, 0.25) is 5.91 Å². The number of hydrogen-bond acceptors (Lipinski definition) is 4. The van der Waals surface area contributed by atoms with E-state index < -0.39 is 0 Å².